The molecule has 0 atom stereocenters. The third kappa shape index (κ3) is 22.5. The topological polar surface area (TPSA) is 51.6 Å². The third-order valence-corrected chi connectivity index (χ3v) is 7.57. The van der Waals surface area contributed by atoms with E-state index in [0.29, 0.717) is 11.4 Å². The second-order valence-corrected chi connectivity index (χ2v) is 17.5. The SMILES string of the molecule is C.CC(C)(C)c1ccnc(-c2cc(C(C)(C)C)ccn2)c1.CCC.Cc1ccc(-c2[c-]cc(F)cc2F)nc1.Cc1ccc(-c2[c-]cc(F)cc2F)nc1.F[P-](F)(F)(F)(F)F.[Ir]. The van der Waals surface area contributed by atoms with E-state index >= 15 is 0 Å². The van der Waals surface area contributed by atoms with Crippen LogP contribution in [-0.4, -0.2) is 19.9 Å². The Labute approximate surface area is 372 Å². The van der Waals surface area contributed by atoms with Crippen molar-refractivity contribution >= 4 is 7.81 Å². The van der Waals surface area contributed by atoms with E-state index < -0.39 is 31.1 Å². The smallest absolute Gasteiger partial charge is 0 e. The summed E-state index contributed by atoms with van der Waals surface area (Å²) < 4.78 is 111. The van der Waals surface area contributed by atoms with E-state index in [0.717, 1.165) is 46.8 Å². The Morgan fingerprint density at radius 2 is 0.823 bits per heavy atom. The molecular weight excluding hydrogens is 1020 g/mol. The van der Waals surface area contributed by atoms with E-state index in [-0.39, 0.29) is 49.5 Å². The minimum atomic E-state index is -10.7. The first-order chi connectivity index (χ1) is 27.4. The minimum absolute atomic E-state index is 0. The molecule has 0 fully saturated rings. The Morgan fingerprint density at radius 1 is 0.516 bits per heavy atom. The standard InChI is InChI=1S/C18H24N2.2C12H8F2N.C3H8.CH4.F6P.Ir/c1-17(2,3)13-7-9-19-15(11-13)16-12-14(8-10-20-16)18(4,5)6;2*1-8-2-5-12(15-7-8)10-4-3-9(13)6-11(10)14;1-3-2;;1-7(2,3,4,5)6;/h7-12H,1-6H3;2*2-3,5-7H,1H3;3H2,1-2H3;1H4;;/q;2*-1;;;-1;. The van der Waals surface area contributed by atoms with Crippen molar-refractivity contribution in [1.82, 2.24) is 19.9 Å². The molecule has 1 radical (unpaired) electrons. The van der Waals surface area contributed by atoms with Crippen LogP contribution < -0.4 is 0 Å². The van der Waals surface area contributed by atoms with Crippen LogP contribution in [0.15, 0.2) is 97.6 Å². The molecular formula is C46H52F10IrN4P-3. The number of hydrogen-bond acceptors (Lipinski definition) is 4. The van der Waals surface area contributed by atoms with Crippen LogP contribution in [0.25, 0.3) is 33.9 Å². The number of rotatable bonds is 3. The zero-order valence-corrected chi connectivity index (χ0v) is 38.6. The molecule has 4 heterocycles. The average Bonchev–Trinajstić information content (AvgIpc) is 3.12. The zero-order chi connectivity index (χ0) is 45.8. The van der Waals surface area contributed by atoms with Crippen LogP contribution in [0.1, 0.15) is 91.5 Å². The van der Waals surface area contributed by atoms with Gasteiger partial charge in [0.15, 0.2) is 0 Å². The Hall–Kier alpha value is -4.58. The van der Waals surface area contributed by atoms with Gasteiger partial charge in [-0.25, -0.2) is 0 Å². The molecule has 16 heteroatoms. The molecule has 2 aromatic carbocycles. The van der Waals surface area contributed by atoms with Crippen molar-refractivity contribution in [3.63, 3.8) is 0 Å². The summed E-state index contributed by atoms with van der Waals surface area (Å²) in [5.74, 6) is -2.57. The molecule has 343 valence electrons. The monoisotopic (exact) mass is 1070 g/mol. The molecule has 4 nitrogen and oxygen atoms in total. The van der Waals surface area contributed by atoms with Gasteiger partial charge in [-0.05, 0) is 82.6 Å². The van der Waals surface area contributed by atoms with Crippen LogP contribution in [0, 0.1) is 49.2 Å². The Kier molecular flexibility index (Phi) is 21.0. The second-order valence-electron chi connectivity index (χ2n) is 15.5. The van der Waals surface area contributed by atoms with Crippen LogP contribution in [0.4, 0.5) is 42.7 Å². The van der Waals surface area contributed by atoms with Gasteiger partial charge in [0, 0.05) is 68.2 Å². The van der Waals surface area contributed by atoms with E-state index in [1.807, 2.05) is 38.4 Å². The maximum atomic E-state index is 13.3. The summed E-state index contributed by atoms with van der Waals surface area (Å²) in [4.78, 5) is 17.1. The fourth-order valence-electron chi connectivity index (χ4n) is 4.59. The van der Waals surface area contributed by atoms with Gasteiger partial charge in [0.05, 0.1) is 11.4 Å². The molecule has 62 heavy (non-hydrogen) atoms. The summed E-state index contributed by atoms with van der Waals surface area (Å²) in [5, 5.41) is 0. The van der Waals surface area contributed by atoms with Gasteiger partial charge in [-0.15, -0.1) is 24.3 Å². The van der Waals surface area contributed by atoms with Gasteiger partial charge in [-0.1, -0.05) is 117 Å². The maximum Gasteiger partial charge on any atom is 0 e. The van der Waals surface area contributed by atoms with Crippen LogP contribution in [0.3, 0.4) is 0 Å². The summed E-state index contributed by atoms with van der Waals surface area (Å²) in [5.41, 5.74) is 7.98. The summed E-state index contributed by atoms with van der Waals surface area (Å²) in [6, 6.07) is 24.4. The molecule has 0 aliphatic heterocycles. The second kappa shape index (κ2) is 22.7. The molecule has 0 N–H and O–H groups in total. The van der Waals surface area contributed by atoms with Gasteiger partial charge in [-0.3, -0.25) is 27.5 Å². The summed E-state index contributed by atoms with van der Waals surface area (Å²) in [6.45, 7) is 21.3. The van der Waals surface area contributed by atoms with Gasteiger partial charge in [0.2, 0.25) is 0 Å². The molecule has 0 bridgehead atoms. The van der Waals surface area contributed by atoms with E-state index in [9.17, 15) is 42.7 Å². The Morgan fingerprint density at radius 3 is 1.06 bits per heavy atom. The van der Waals surface area contributed by atoms with Crippen molar-refractivity contribution < 1.29 is 62.8 Å². The first-order valence-corrected chi connectivity index (χ1v) is 20.5. The van der Waals surface area contributed by atoms with Crippen molar-refractivity contribution in [2.45, 2.75) is 93.9 Å². The first-order valence-electron chi connectivity index (χ1n) is 18.5. The third-order valence-electron chi connectivity index (χ3n) is 7.57. The van der Waals surface area contributed by atoms with Gasteiger partial charge >= 0.3 is 33.0 Å². The van der Waals surface area contributed by atoms with Crippen molar-refractivity contribution in [3.8, 4) is 33.9 Å². The molecule has 0 saturated heterocycles. The zero-order valence-electron chi connectivity index (χ0n) is 35.3. The van der Waals surface area contributed by atoms with E-state index in [1.54, 1.807) is 24.5 Å². The summed E-state index contributed by atoms with van der Waals surface area (Å²) in [7, 11) is -10.7. The number of nitrogens with zero attached hydrogens (tertiary/aromatic N) is 4. The molecule has 0 spiro atoms. The Bertz CT molecular complexity index is 2140. The predicted molar refractivity (Wildman–Crippen MR) is 227 cm³/mol. The fraction of sp³-hybridized carbons (Fsp3) is 0.304. The quantitative estimate of drug-likeness (QED) is 0.101. The number of pyridine rings is 4. The molecule has 0 saturated carbocycles. The van der Waals surface area contributed by atoms with Gasteiger partial charge in [-0.2, -0.15) is 0 Å². The number of halogens is 10. The van der Waals surface area contributed by atoms with Crippen LogP contribution in [0.2, 0.25) is 0 Å². The van der Waals surface area contributed by atoms with E-state index in [4.69, 9.17) is 0 Å². The molecule has 0 aliphatic rings. The van der Waals surface area contributed by atoms with Gasteiger partial charge < -0.3 is 9.97 Å². The van der Waals surface area contributed by atoms with Gasteiger partial charge in [0.1, 0.15) is 0 Å². The fourth-order valence-corrected chi connectivity index (χ4v) is 4.59. The number of hydrogen-bond donors (Lipinski definition) is 0. The number of aromatic nitrogens is 4. The van der Waals surface area contributed by atoms with E-state index in [1.165, 1.54) is 17.5 Å². The van der Waals surface area contributed by atoms with Crippen LogP contribution in [-0.2, 0) is 30.9 Å². The Balaban J connectivity index is 0.000000808. The number of aryl methyl sites for hydroxylation is 2. The largest absolute Gasteiger partial charge is 0 e. The molecule has 6 aromatic rings. The van der Waals surface area contributed by atoms with Crippen molar-refractivity contribution in [3.05, 3.63) is 155 Å². The maximum absolute atomic E-state index is 13.3. The van der Waals surface area contributed by atoms with Crippen molar-refractivity contribution in [1.29, 1.82) is 0 Å². The molecule has 6 rings (SSSR count). The summed E-state index contributed by atoms with van der Waals surface area (Å²) in [6.07, 6.45) is 8.26. The first kappa shape index (κ1) is 57.4. The van der Waals surface area contributed by atoms with Gasteiger partial charge in [0.25, 0.3) is 0 Å². The molecule has 0 aliphatic carbocycles. The average molecular weight is 1070 g/mol. The normalized spacial score (nSPS) is 11.9. The van der Waals surface area contributed by atoms with Crippen molar-refractivity contribution in [2.75, 3.05) is 0 Å². The van der Waals surface area contributed by atoms with Crippen LogP contribution >= 0.6 is 7.81 Å². The van der Waals surface area contributed by atoms with Crippen LogP contribution in [0.5, 0.6) is 0 Å². The minimum Gasteiger partial charge on any atom is 0 e. The number of benzene rings is 2. The molecule has 0 amide bonds. The summed E-state index contributed by atoms with van der Waals surface area (Å²) >= 11 is 0. The molecule has 0 unspecified atom stereocenters. The predicted octanol–water partition coefficient (Wildman–Crippen LogP) is 16.4. The van der Waals surface area contributed by atoms with Crippen molar-refractivity contribution in [2.24, 2.45) is 0 Å². The molecule has 4 aromatic heterocycles. The van der Waals surface area contributed by atoms with E-state index in [2.05, 4.69) is 112 Å².